The van der Waals surface area contributed by atoms with Crippen LogP contribution < -0.4 is 0 Å². The standard InChI is InChI=1S/C35H42N2O3/c1-24-11-9-16-29(25(24)2)22-37(30-17-18-30)33(38)32-23-36(34(39)40-35(3,4)5)20-19-31(32)28-15-10-14-27(21-28)26-12-7-6-8-13-26/h6-16,21,30-32H,17-20,22-23H2,1-5H3/t31-,32+/m1/s1. The zero-order valence-electron chi connectivity index (χ0n) is 24.5. The summed E-state index contributed by atoms with van der Waals surface area (Å²) in [7, 11) is 0. The molecule has 2 aliphatic rings. The van der Waals surface area contributed by atoms with E-state index in [1.54, 1.807) is 4.90 Å². The number of hydrogen-bond donors (Lipinski definition) is 0. The van der Waals surface area contributed by atoms with Crippen molar-refractivity contribution in [3.8, 4) is 11.1 Å². The molecule has 0 N–H and O–H groups in total. The minimum absolute atomic E-state index is 0.0229. The molecule has 1 heterocycles. The second kappa shape index (κ2) is 11.5. The molecule has 1 aliphatic carbocycles. The van der Waals surface area contributed by atoms with E-state index in [9.17, 15) is 9.59 Å². The Hall–Kier alpha value is -3.60. The van der Waals surface area contributed by atoms with Crippen LogP contribution in [0.15, 0.2) is 72.8 Å². The van der Waals surface area contributed by atoms with Crippen molar-refractivity contribution in [1.82, 2.24) is 9.80 Å². The lowest BCUT2D eigenvalue weighted by Gasteiger charge is -2.40. The molecule has 1 saturated heterocycles. The molecule has 0 bridgehead atoms. The van der Waals surface area contributed by atoms with Crippen LogP contribution in [0.3, 0.4) is 0 Å². The molecule has 0 spiro atoms. The monoisotopic (exact) mass is 538 g/mol. The first-order valence-electron chi connectivity index (χ1n) is 14.6. The van der Waals surface area contributed by atoms with E-state index in [4.69, 9.17) is 4.74 Å². The summed E-state index contributed by atoms with van der Waals surface area (Å²) in [4.78, 5) is 31.5. The summed E-state index contributed by atoms with van der Waals surface area (Å²) in [6, 6.07) is 25.6. The van der Waals surface area contributed by atoms with E-state index in [-0.39, 0.29) is 29.9 Å². The topological polar surface area (TPSA) is 49.9 Å². The first-order chi connectivity index (χ1) is 19.1. The highest BCUT2D eigenvalue weighted by molar-refractivity contribution is 5.82. The number of rotatable bonds is 6. The zero-order valence-corrected chi connectivity index (χ0v) is 24.5. The molecule has 0 aromatic heterocycles. The summed E-state index contributed by atoms with van der Waals surface area (Å²) in [5.41, 5.74) is 6.56. The van der Waals surface area contributed by atoms with Crippen LogP contribution in [0.1, 0.15) is 68.2 Å². The lowest BCUT2D eigenvalue weighted by atomic mass is 9.79. The zero-order chi connectivity index (χ0) is 28.4. The molecule has 5 heteroatoms. The molecule has 40 heavy (non-hydrogen) atoms. The number of piperidine rings is 1. The molecule has 3 aromatic carbocycles. The highest BCUT2D eigenvalue weighted by Crippen LogP contribution is 2.39. The van der Waals surface area contributed by atoms with Crippen molar-refractivity contribution >= 4 is 12.0 Å². The first kappa shape index (κ1) is 27.9. The molecule has 1 aliphatic heterocycles. The van der Waals surface area contributed by atoms with Gasteiger partial charge in [0, 0.05) is 25.7 Å². The maximum atomic E-state index is 14.5. The minimum atomic E-state index is -0.583. The van der Waals surface area contributed by atoms with Gasteiger partial charge in [0.05, 0.1) is 5.92 Å². The Kier molecular flexibility index (Phi) is 8.02. The van der Waals surface area contributed by atoms with Gasteiger partial charge in [0.2, 0.25) is 5.91 Å². The quantitative estimate of drug-likeness (QED) is 0.326. The third kappa shape index (κ3) is 6.41. The van der Waals surface area contributed by atoms with Crippen molar-refractivity contribution in [2.45, 2.75) is 78.0 Å². The van der Waals surface area contributed by atoms with Crippen LogP contribution in [0, 0.1) is 19.8 Å². The molecule has 5 nitrogen and oxygen atoms in total. The molecule has 2 atom stereocenters. The Morgan fingerprint density at radius 2 is 1.60 bits per heavy atom. The van der Waals surface area contributed by atoms with E-state index in [0.717, 1.165) is 36.0 Å². The molecule has 5 rings (SSSR count). The van der Waals surface area contributed by atoms with E-state index in [1.807, 2.05) is 26.8 Å². The average Bonchev–Trinajstić information content (AvgIpc) is 3.78. The van der Waals surface area contributed by atoms with Crippen molar-refractivity contribution in [3.05, 3.63) is 95.1 Å². The van der Waals surface area contributed by atoms with Gasteiger partial charge in [-0.3, -0.25) is 4.79 Å². The van der Waals surface area contributed by atoms with Gasteiger partial charge in [0.15, 0.2) is 0 Å². The second-order valence-electron chi connectivity index (χ2n) is 12.5. The first-order valence-corrected chi connectivity index (χ1v) is 14.6. The van der Waals surface area contributed by atoms with Gasteiger partial charge in [-0.1, -0.05) is 72.8 Å². The fraction of sp³-hybridized carbons (Fsp3) is 0.429. The summed E-state index contributed by atoms with van der Waals surface area (Å²) >= 11 is 0. The normalized spacial score (nSPS) is 19.3. The number of benzene rings is 3. The summed E-state index contributed by atoms with van der Waals surface area (Å²) in [6.07, 6.45) is 2.45. The summed E-state index contributed by atoms with van der Waals surface area (Å²) < 4.78 is 5.73. The Labute approximate surface area is 239 Å². The SMILES string of the molecule is Cc1cccc(CN(C(=O)[C@H]2CN(C(=O)OC(C)(C)C)CC[C@@H]2c2cccc(-c3ccccc3)c2)C2CC2)c1C. The van der Waals surface area contributed by atoms with Crippen LogP contribution in [-0.2, 0) is 16.1 Å². The number of aryl methyl sites for hydroxylation is 1. The van der Waals surface area contributed by atoms with Crippen molar-refractivity contribution in [2.24, 2.45) is 5.92 Å². The largest absolute Gasteiger partial charge is 0.444 e. The number of hydrogen-bond acceptors (Lipinski definition) is 3. The van der Waals surface area contributed by atoms with Crippen molar-refractivity contribution in [2.75, 3.05) is 13.1 Å². The van der Waals surface area contributed by atoms with Crippen molar-refractivity contribution in [1.29, 1.82) is 0 Å². The molecule has 3 aromatic rings. The van der Waals surface area contributed by atoms with Gasteiger partial charge in [-0.05, 0) is 93.2 Å². The summed E-state index contributed by atoms with van der Waals surface area (Å²) in [5.74, 6) is -0.167. The number of likely N-dealkylation sites (tertiary alicyclic amines) is 1. The average molecular weight is 539 g/mol. The van der Waals surface area contributed by atoms with E-state index < -0.39 is 5.60 Å². The predicted octanol–water partition coefficient (Wildman–Crippen LogP) is 7.50. The number of carbonyl (C=O) groups is 2. The van der Waals surface area contributed by atoms with Gasteiger partial charge >= 0.3 is 6.09 Å². The molecule has 210 valence electrons. The third-order valence-corrected chi connectivity index (χ3v) is 8.33. The molecule has 0 unspecified atom stereocenters. The fourth-order valence-corrected chi connectivity index (χ4v) is 5.83. The Balaban J connectivity index is 1.47. The van der Waals surface area contributed by atoms with Gasteiger partial charge in [-0.15, -0.1) is 0 Å². The van der Waals surface area contributed by atoms with Crippen LogP contribution >= 0.6 is 0 Å². The van der Waals surface area contributed by atoms with Crippen LogP contribution in [-0.4, -0.2) is 46.5 Å². The third-order valence-electron chi connectivity index (χ3n) is 8.33. The van der Waals surface area contributed by atoms with Crippen LogP contribution in [0.4, 0.5) is 4.79 Å². The van der Waals surface area contributed by atoms with Gasteiger partial charge in [-0.25, -0.2) is 4.79 Å². The molecule has 0 radical (unpaired) electrons. The van der Waals surface area contributed by atoms with E-state index in [2.05, 4.69) is 85.5 Å². The van der Waals surface area contributed by atoms with Crippen molar-refractivity contribution in [3.63, 3.8) is 0 Å². The Bertz CT molecular complexity index is 1360. The highest BCUT2D eigenvalue weighted by atomic mass is 16.6. The van der Waals surface area contributed by atoms with Gasteiger partial charge in [0.1, 0.15) is 5.60 Å². The van der Waals surface area contributed by atoms with Crippen LogP contribution in [0.5, 0.6) is 0 Å². The lowest BCUT2D eigenvalue weighted by Crippen LogP contribution is -2.51. The molecule has 1 saturated carbocycles. The molecular formula is C35H42N2O3. The van der Waals surface area contributed by atoms with E-state index in [1.165, 1.54) is 16.7 Å². The van der Waals surface area contributed by atoms with Crippen LogP contribution in [0.2, 0.25) is 0 Å². The lowest BCUT2D eigenvalue weighted by molar-refractivity contribution is -0.139. The number of carbonyl (C=O) groups excluding carboxylic acids is 2. The van der Waals surface area contributed by atoms with Gasteiger partial charge < -0.3 is 14.5 Å². The fourth-order valence-electron chi connectivity index (χ4n) is 5.83. The second-order valence-corrected chi connectivity index (χ2v) is 12.5. The van der Waals surface area contributed by atoms with E-state index in [0.29, 0.717) is 19.6 Å². The van der Waals surface area contributed by atoms with Crippen molar-refractivity contribution < 1.29 is 14.3 Å². The van der Waals surface area contributed by atoms with Gasteiger partial charge in [-0.2, -0.15) is 0 Å². The van der Waals surface area contributed by atoms with Crippen LogP contribution in [0.25, 0.3) is 11.1 Å². The van der Waals surface area contributed by atoms with E-state index >= 15 is 0 Å². The Morgan fingerprint density at radius 3 is 2.30 bits per heavy atom. The number of nitrogens with zero attached hydrogens (tertiary/aromatic N) is 2. The summed E-state index contributed by atoms with van der Waals surface area (Å²) in [6.45, 7) is 11.5. The molecule has 2 fully saturated rings. The number of amides is 2. The molecular weight excluding hydrogens is 496 g/mol. The minimum Gasteiger partial charge on any atom is -0.444 e. The maximum Gasteiger partial charge on any atom is 0.410 e. The highest BCUT2D eigenvalue weighted by Gasteiger charge is 2.43. The summed E-state index contributed by atoms with van der Waals surface area (Å²) in [5, 5.41) is 0. The predicted molar refractivity (Wildman–Crippen MR) is 160 cm³/mol. The smallest absolute Gasteiger partial charge is 0.410 e. The number of ether oxygens (including phenoxy) is 1. The molecule has 2 amide bonds. The maximum absolute atomic E-state index is 14.5. The van der Waals surface area contributed by atoms with Gasteiger partial charge in [0.25, 0.3) is 0 Å². The Morgan fingerprint density at radius 1 is 0.900 bits per heavy atom.